The normalized spacial score (nSPS) is 9.74. The van der Waals surface area contributed by atoms with Crippen molar-refractivity contribution in [3.05, 3.63) is 84.2 Å². The number of aryl methyl sites for hydroxylation is 1. The minimum Gasteiger partial charge on any atom is -0.334 e. The predicted octanol–water partition coefficient (Wildman–Crippen LogP) is 5.89. The van der Waals surface area contributed by atoms with Gasteiger partial charge >= 0.3 is 6.03 Å². The first-order valence-corrected chi connectivity index (χ1v) is 9.79. The number of nitrogens with one attached hydrogen (secondary N) is 2. The van der Waals surface area contributed by atoms with Gasteiger partial charge in [-0.05, 0) is 61.0 Å². The lowest BCUT2D eigenvalue weighted by Gasteiger charge is -2.08. The van der Waals surface area contributed by atoms with Crippen molar-refractivity contribution >= 4 is 23.5 Å². The van der Waals surface area contributed by atoms with E-state index in [0.29, 0.717) is 6.54 Å². The Kier molecular flexibility index (Phi) is 8.39. The van der Waals surface area contributed by atoms with Gasteiger partial charge in [-0.25, -0.2) is 4.79 Å². The molecule has 0 aliphatic rings. The van der Waals surface area contributed by atoms with Gasteiger partial charge in [0, 0.05) is 34.4 Å². The minimum absolute atomic E-state index is 0.226. The predicted molar refractivity (Wildman–Crippen MR) is 113 cm³/mol. The van der Waals surface area contributed by atoms with Crippen molar-refractivity contribution in [3.63, 3.8) is 0 Å². The number of pyridine rings is 1. The molecule has 0 saturated heterocycles. The lowest BCUT2D eigenvalue weighted by atomic mass is 10.2. The van der Waals surface area contributed by atoms with Gasteiger partial charge in [0.15, 0.2) is 0 Å². The third kappa shape index (κ3) is 7.15. The van der Waals surface area contributed by atoms with Crippen molar-refractivity contribution in [2.45, 2.75) is 37.1 Å². The van der Waals surface area contributed by atoms with Crippen LogP contribution in [0.4, 0.5) is 10.5 Å². The molecule has 0 fully saturated rings. The van der Waals surface area contributed by atoms with Gasteiger partial charge < -0.3 is 10.6 Å². The van der Waals surface area contributed by atoms with Crippen molar-refractivity contribution in [2.75, 3.05) is 5.32 Å². The molecule has 0 spiro atoms. The van der Waals surface area contributed by atoms with Crippen LogP contribution in [0.2, 0.25) is 0 Å². The topological polar surface area (TPSA) is 54.0 Å². The van der Waals surface area contributed by atoms with Crippen molar-refractivity contribution in [1.82, 2.24) is 10.3 Å². The molecule has 0 radical (unpaired) electrons. The average molecular weight is 380 g/mol. The van der Waals surface area contributed by atoms with Crippen LogP contribution >= 0.6 is 11.8 Å². The smallest absolute Gasteiger partial charge is 0.319 e. The molecule has 2 amide bonds. The summed E-state index contributed by atoms with van der Waals surface area (Å²) < 4.78 is 0. The highest BCUT2D eigenvalue weighted by Crippen LogP contribution is 2.28. The van der Waals surface area contributed by atoms with E-state index in [1.165, 1.54) is 10.5 Å². The molecule has 1 heterocycles. The summed E-state index contributed by atoms with van der Waals surface area (Å²) in [7, 11) is 0. The molecular formula is C22H25N3OS. The van der Waals surface area contributed by atoms with E-state index < -0.39 is 0 Å². The summed E-state index contributed by atoms with van der Waals surface area (Å²) in [6.45, 7) is 6.55. The van der Waals surface area contributed by atoms with Crippen LogP contribution in [0.5, 0.6) is 0 Å². The van der Waals surface area contributed by atoms with Crippen LogP contribution in [0.25, 0.3) is 0 Å². The van der Waals surface area contributed by atoms with Crippen LogP contribution in [-0.4, -0.2) is 11.0 Å². The summed E-state index contributed by atoms with van der Waals surface area (Å²) in [5.74, 6) is 0. The second-order valence-corrected chi connectivity index (χ2v) is 6.75. The van der Waals surface area contributed by atoms with Crippen LogP contribution in [-0.2, 0) is 6.54 Å². The van der Waals surface area contributed by atoms with Crippen molar-refractivity contribution < 1.29 is 4.79 Å². The maximum absolute atomic E-state index is 12.0. The standard InChI is InChI=1S/C20H19N3OS.C2H6/c1-15-2-6-18(7-3-15)25-19-8-4-17(5-9-19)23-20(24)22-14-16-10-12-21-13-11-16;1-2/h2-13H,14H2,1H3,(H2,22,23,24);1-2H3. The molecular weight excluding hydrogens is 354 g/mol. The first kappa shape index (κ1) is 20.5. The summed E-state index contributed by atoms with van der Waals surface area (Å²) >= 11 is 1.70. The molecule has 0 saturated carbocycles. The Morgan fingerprint density at radius 1 is 0.889 bits per heavy atom. The van der Waals surface area contributed by atoms with E-state index in [1.54, 1.807) is 24.2 Å². The highest BCUT2D eigenvalue weighted by Gasteiger charge is 2.03. The largest absolute Gasteiger partial charge is 0.334 e. The number of nitrogens with zero attached hydrogens (tertiary/aromatic N) is 1. The fourth-order valence-corrected chi connectivity index (χ4v) is 3.02. The van der Waals surface area contributed by atoms with Crippen LogP contribution in [0, 0.1) is 6.92 Å². The monoisotopic (exact) mass is 379 g/mol. The molecule has 3 aromatic rings. The van der Waals surface area contributed by atoms with E-state index in [1.807, 2.05) is 50.2 Å². The molecule has 27 heavy (non-hydrogen) atoms. The lowest BCUT2D eigenvalue weighted by molar-refractivity contribution is 0.251. The average Bonchev–Trinajstić information content (AvgIpc) is 2.72. The van der Waals surface area contributed by atoms with Gasteiger partial charge in [-0.3, -0.25) is 4.98 Å². The zero-order chi connectivity index (χ0) is 19.5. The zero-order valence-electron chi connectivity index (χ0n) is 15.9. The van der Waals surface area contributed by atoms with Crippen molar-refractivity contribution in [1.29, 1.82) is 0 Å². The zero-order valence-corrected chi connectivity index (χ0v) is 16.7. The highest BCUT2D eigenvalue weighted by molar-refractivity contribution is 7.99. The van der Waals surface area contributed by atoms with Gasteiger partial charge in [0.2, 0.25) is 0 Å². The molecule has 0 bridgehead atoms. The molecule has 0 aliphatic carbocycles. The molecule has 3 rings (SSSR count). The summed E-state index contributed by atoms with van der Waals surface area (Å²) in [5, 5.41) is 5.66. The number of hydrogen-bond donors (Lipinski definition) is 2. The number of hydrogen-bond acceptors (Lipinski definition) is 3. The Morgan fingerprint density at radius 2 is 1.44 bits per heavy atom. The van der Waals surface area contributed by atoms with E-state index in [9.17, 15) is 4.79 Å². The van der Waals surface area contributed by atoms with Gasteiger partial charge in [-0.15, -0.1) is 0 Å². The lowest BCUT2D eigenvalue weighted by Crippen LogP contribution is -2.28. The first-order chi connectivity index (χ1) is 13.2. The number of benzene rings is 2. The van der Waals surface area contributed by atoms with E-state index in [4.69, 9.17) is 0 Å². The van der Waals surface area contributed by atoms with Crippen molar-refractivity contribution in [2.24, 2.45) is 0 Å². The van der Waals surface area contributed by atoms with Crippen LogP contribution < -0.4 is 10.6 Å². The second kappa shape index (κ2) is 11.0. The number of amides is 2. The first-order valence-electron chi connectivity index (χ1n) is 8.97. The maximum Gasteiger partial charge on any atom is 0.319 e. The molecule has 1 aromatic heterocycles. The number of carbonyl (C=O) groups excluding carboxylic acids is 1. The van der Waals surface area contributed by atoms with E-state index in [0.717, 1.165) is 16.1 Å². The van der Waals surface area contributed by atoms with Gasteiger partial charge in [0.05, 0.1) is 0 Å². The highest BCUT2D eigenvalue weighted by atomic mass is 32.2. The van der Waals surface area contributed by atoms with E-state index in [2.05, 4.69) is 46.8 Å². The molecule has 5 heteroatoms. The Bertz CT molecular complexity index is 818. The Hall–Kier alpha value is -2.79. The Balaban J connectivity index is 0.00000126. The molecule has 140 valence electrons. The van der Waals surface area contributed by atoms with Crippen LogP contribution in [0.15, 0.2) is 82.8 Å². The van der Waals surface area contributed by atoms with Gasteiger partial charge in [0.25, 0.3) is 0 Å². The minimum atomic E-state index is -0.226. The summed E-state index contributed by atoms with van der Waals surface area (Å²) in [6, 6.07) is 19.8. The van der Waals surface area contributed by atoms with Crippen LogP contribution in [0.3, 0.4) is 0 Å². The van der Waals surface area contributed by atoms with Crippen molar-refractivity contribution in [3.8, 4) is 0 Å². The third-order valence-corrected chi connectivity index (χ3v) is 4.59. The van der Waals surface area contributed by atoms with Crippen LogP contribution in [0.1, 0.15) is 25.0 Å². The van der Waals surface area contributed by atoms with Gasteiger partial charge in [-0.1, -0.05) is 43.3 Å². The van der Waals surface area contributed by atoms with E-state index in [-0.39, 0.29) is 6.03 Å². The molecule has 2 N–H and O–H groups in total. The van der Waals surface area contributed by atoms with Gasteiger partial charge in [0.1, 0.15) is 0 Å². The summed E-state index contributed by atoms with van der Waals surface area (Å²) in [6.07, 6.45) is 3.42. The quantitative estimate of drug-likeness (QED) is 0.581. The molecule has 0 unspecified atom stereocenters. The van der Waals surface area contributed by atoms with E-state index >= 15 is 0 Å². The number of urea groups is 1. The Labute approximate surface area is 165 Å². The third-order valence-electron chi connectivity index (χ3n) is 3.57. The molecule has 4 nitrogen and oxygen atoms in total. The second-order valence-electron chi connectivity index (χ2n) is 5.60. The number of rotatable bonds is 5. The SMILES string of the molecule is CC.Cc1ccc(Sc2ccc(NC(=O)NCc3ccncc3)cc2)cc1. The Morgan fingerprint density at radius 3 is 2.04 bits per heavy atom. The summed E-state index contributed by atoms with van der Waals surface area (Å²) in [5.41, 5.74) is 3.03. The maximum atomic E-state index is 12.0. The number of anilines is 1. The van der Waals surface area contributed by atoms with Gasteiger partial charge in [-0.2, -0.15) is 0 Å². The molecule has 2 aromatic carbocycles. The number of carbonyl (C=O) groups is 1. The summed E-state index contributed by atoms with van der Waals surface area (Å²) in [4.78, 5) is 18.2. The fourth-order valence-electron chi connectivity index (χ4n) is 2.21. The number of aromatic nitrogens is 1. The fraction of sp³-hybridized carbons (Fsp3) is 0.182. The molecule has 0 aliphatic heterocycles. The molecule has 0 atom stereocenters.